The molecule has 2 rings (SSSR count). The van der Waals surface area contributed by atoms with E-state index in [1.165, 1.54) is 13.2 Å². The van der Waals surface area contributed by atoms with Crippen molar-refractivity contribution in [1.29, 1.82) is 0 Å². The van der Waals surface area contributed by atoms with E-state index in [-0.39, 0.29) is 17.0 Å². The van der Waals surface area contributed by atoms with Gasteiger partial charge in [0.15, 0.2) is 5.69 Å². The zero-order chi connectivity index (χ0) is 16.0. The van der Waals surface area contributed by atoms with Gasteiger partial charge < -0.3 is 14.8 Å². The molecule has 0 atom stereocenters. The summed E-state index contributed by atoms with van der Waals surface area (Å²) in [6.07, 6.45) is 5.12. The lowest BCUT2D eigenvalue weighted by molar-refractivity contribution is -0.134. The van der Waals surface area contributed by atoms with E-state index in [2.05, 4.69) is 27.3 Å². The molecule has 0 aliphatic carbocycles. The van der Waals surface area contributed by atoms with Gasteiger partial charge in [0.05, 0.1) is 33.1 Å². The molecule has 8 heteroatoms. The zero-order valence-corrected chi connectivity index (χ0v) is 12.7. The molecule has 1 aromatic heterocycles. The van der Waals surface area contributed by atoms with Gasteiger partial charge in [-0.25, -0.2) is 4.79 Å². The Morgan fingerprint density at radius 1 is 1.55 bits per heavy atom. The van der Waals surface area contributed by atoms with Crippen LogP contribution in [0, 0.1) is 5.41 Å². The van der Waals surface area contributed by atoms with E-state index in [0.29, 0.717) is 32.7 Å². The van der Waals surface area contributed by atoms with Gasteiger partial charge in [0.2, 0.25) is 0 Å². The third-order valence-corrected chi connectivity index (χ3v) is 3.27. The number of nitrogens with one attached hydrogen (secondary N) is 1. The quantitative estimate of drug-likeness (QED) is 0.438. The predicted molar refractivity (Wildman–Crippen MR) is 77.1 cm³/mol. The number of methoxy groups -OCH3 is 1. The van der Waals surface area contributed by atoms with Crippen molar-refractivity contribution >= 4 is 11.9 Å². The van der Waals surface area contributed by atoms with Crippen molar-refractivity contribution in [2.24, 2.45) is 5.41 Å². The van der Waals surface area contributed by atoms with Gasteiger partial charge in [-0.2, -0.15) is 0 Å². The number of carbonyl (C=O) groups is 2. The van der Waals surface area contributed by atoms with Gasteiger partial charge in [-0.15, -0.1) is 5.10 Å². The van der Waals surface area contributed by atoms with Gasteiger partial charge in [-0.3, -0.25) is 9.48 Å². The molecule has 0 bridgehead atoms. The van der Waals surface area contributed by atoms with Crippen LogP contribution in [-0.4, -0.2) is 53.7 Å². The molecule has 1 fully saturated rings. The average molecular weight is 308 g/mol. The van der Waals surface area contributed by atoms with Crippen LogP contribution in [0.1, 0.15) is 23.8 Å². The van der Waals surface area contributed by atoms with Crippen LogP contribution in [0.15, 0.2) is 18.3 Å². The number of carbonyl (C=O) groups excluding carboxylic acids is 2. The van der Waals surface area contributed by atoms with Crippen LogP contribution in [0.5, 0.6) is 0 Å². The topological polar surface area (TPSA) is 95.3 Å². The zero-order valence-electron chi connectivity index (χ0n) is 12.7. The van der Waals surface area contributed by atoms with Crippen molar-refractivity contribution < 1.29 is 19.1 Å². The SMILES string of the molecule is COC(=O)/C=C/CCNC(=O)c1cn(CC2(C)COC2)nn1. The minimum absolute atomic E-state index is 0.0696. The van der Waals surface area contributed by atoms with E-state index in [0.717, 1.165) is 0 Å². The van der Waals surface area contributed by atoms with Crippen molar-refractivity contribution in [3.8, 4) is 0 Å². The molecule has 0 saturated carbocycles. The predicted octanol–water partition coefficient (Wildman–Crippen LogP) is 0.164. The number of amides is 1. The molecule has 120 valence electrons. The summed E-state index contributed by atoms with van der Waals surface area (Å²) in [5.41, 5.74) is 0.348. The number of ether oxygens (including phenoxy) is 2. The summed E-state index contributed by atoms with van der Waals surface area (Å²) in [5, 5.41) is 10.5. The molecule has 1 aliphatic heterocycles. The van der Waals surface area contributed by atoms with Gasteiger partial charge >= 0.3 is 5.97 Å². The molecule has 1 saturated heterocycles. The summed E-state index contributed by atoms with van der Waals surface area (Å²) in [6.45, 7) is 4.58. The van der Waals surface area contributed by atoms with Crippen molar-refractivity contribution in [3.63, 3.8) is 0 Å². The minimum atomic E-state index is -0.414. The fourth-order valence-corrected chi connectivity index (χ4v) is 2.02. The molecule has 1 aliphatic rings. The van der Waals surface area contributed by atoms with E-state index in [1.807, 2.05) is 0 Å². The van der Waals surface area contributed by atoms with E-state index < -0.39 is 5.97 Å². The summed E-state index contributed by atoms with van der Waals surface area (Å²) in [4.78, 5) is 22.7. The summed E-state index contributed by atoms with van der Waals surface area (Å²) >= 11 is 0. The fourth-order valence-electron chi connectivity index (χ4n) is 2.02. The molecule has 1 N–H and O–H groups in total. The highest BCUT2D eigenvalue weighted by molar-refractivity contribution is 5.91. The second kappa shape index (κ2) is 7.17. The summed E-state index contributed by atoms with van der Waals surface area (Å²) in [7, 11) is 1.31. The normalized spacial score (nSPS) is 16.3. The molecule has 1 aromatic rings. The first-order valence-corrected chi connectivity index (χ1v) is 7.03. The number of rotatable bonds is 7. The van der Waals surface area contributed by atoms with Crippen LogP contribution < -0.4 is 5.32 Å². The van der Waals surface area contributed by atoms with Gasteiger partial charge in [0.25, 0.3) is 5.91 Å². The summed E-state index contributed by atoms with van der Waals surface area (Å²) in [5.74, 6) is -0.699. The van der Waals surface area contributed by atoms with Crippen LogP contribution in [0.25, 0.3) is 0 Å². The van der Waals surface area contributed by atoms with Crippen molar-refractivity contribution in [3.05, 3.63) is 24.0 Å². The average Bonchev–Trinajstić information content (AvgIpc) is 2.93. The first-order valence-electron chi connectivity index (χ1n) is 7.03. The Balaban J connectivity index is 1.74. The van der Waals surface area contributed by atoms with E-state index in [9.17, 15) is 9.59 Å². The maximum atomic E-state index is 11.9. The molecule has 1 amide bonds. The Labute approximate surface area is 128 Å². The van der Waals surface area contributed by atoms with Crippen LogP contribution in [0.3, 0.4) is 0 Å². The Morgan fingerprint density at radius 2 is 2.32 bits per heavy atom. The van der Waals surface area contributed by atoms with Crippen LogP contribution in [0.2, 0.25) is 0 Å². The number of hydrogen-bond acceptors (Lipinski definition) is 6. The maximum absolute atomic E-state index is 11.9. The number of aromatic nitrogens is 3. The van der Waals surface area contributed by atoms with E-state index in [4.69, 9.17) is 4.74 Å². The van der Waals surface area contributed by atoms with Crippen LogP contribution in [0.4, 0.5) is 0 Å². The molecular formula is C14H20N4O4. The second-order valence-electron chi connectivity index (χ2n) is 5.57. The van der Waals surface area contributed by atoms with Crippen molar-refractivity contribution in [2.75, 3.05) is 26.9 Å². The largest absolute Gasteiger partial charge is 0.466 e. The lowest BCUT2D eigenvalue weighted by Crippen LogP contribution is -2.43. The highest BCUT2D eigenvalue weighted by Crippen LogP contribution is 2.27. The van der Waals surface area contributed by atoms with Gasteiger partial charge in [0, 0.05) is 18.0 Å². The summed E-state index contributed by atoms with van der Waals surface area (Å²) < 4.78 is 11.3. The van der Waals surface area contributed by atoms with Crippen LogP contribution in [-0.2, 0) is 20.8 Å². The van der Waals surface area contributed by atoms with Gasteiger partial charge in [-0.05, 0) is 6.42 Å². The minimum Gasteiger partial charge on any atom is -0.466 e. The highest BCUT2D eigenvalue weighted by Gasteiger charge is 2.34. The molecule has 0 radical (unpaired) electrons. The highest BCUT2D eigenvalue weighted by atomic mass is 16.5. The molecule has 0 aromatic carbocycles. The Hall–Kier alpha value is -2.22. The molecule has 0 unspecified atom stereocenters. The Morgan fingerprint density at radius 3 is 2.95 bits per heavy atom. The molecular weight excluding hydrogens is 288 g/mol. The van der Waals surface area contributed by atoms with Crippen LogP contribution >= 0.6 is 0 Å². The Bertz CT molecular complexity index is 563. The van der Waals surface area contributed by atoms with Crippen molar-refractivity contribution in [1.82, 2.24) is 20.3 Å². The van der Waals surface area contributed by atoms with Gasteiger partial charge in [0.1, 0.15) is 0 Å². The standard InChI is InChI=1S/C14H20N4O4/c1-14(9-22-10-14)8-18-7-11(16-17-18)13(20)15-6-4-3-5-12(19)21-2/h3,5,7H,4,6,8-10H2,1-2H3,(H,15,20)/b5-3+. The fraction of sp³-hybridized carbons (Fsp3) is 0.571. The van der Waals surface area contributed by atoms with E-state index >= 15 is 0 Å². The third kappa shape index (κ3) is 4.39. The van der Waals surface area contributed by atoms with Crippen molar-refractivity contribution in [2.45, 2.75) is 19.9 Å². The number of esters is 1. The lowest BCUT2D eigenvalue weighted by atomic mass is 9.89. The Kier molecular flexibility index (Phi) is 5.26. The third-order valence-electron chi connectivity index (χ3n) is 3.27. The molecule has 0 spiro atoms. The number of nitrogens with zero attached hydrogens (tertiary/aromatic N) is 3. The first kappa shape index (κ1) is 16.2. The summed E-state index contributed by atoms with van der Waals surface area (Å²) in [6, 6.07) is 0. The second-order valence-corrected chi connectivity index (χ2v) is 5.57. The first-order chi connectivity index (χ1) is 10.5. The monoisotopic (exact) mass is 308 g/mol. The molecule has 2 heterocycles. The molecule has 22 heavy (non-hydrogen) atoms. The maximum Gasteiger partial charge on any atom is 0.330 e. The van der Waals surface area contributed by atoms with Gasteiger partial charge in [-0.1, -0.05) is 18.2 Å². The smallest absolute Gasteiger partial charge is 0.330 e. The lowest BCUT2D eigenvalue weighted by Gasteiger charge is -2.37. The number of hydrogen-bond donors (Lipinski definition) is 1. The van der Waals surface area contributed by atoms with E-state index in [1.54, 1.807) is 17.0 Å². The molecule has 8 nitrogen and oxygen atoms in total.